The minimum atomic E-state index is 0.256. The highest BCUT2D eigenvalue weighted by Gasteiger charge is 2.39. The van der Waals surface area contributed by atoms with Gasteiger partial charge in [0, 0.05) is 25.0 Å². The normalized spacial score (nSPS) is 37.5. The summed E-state index contributed by atoms with van der Waals surface area (Å²) in [6.07, 6.45) is 2.70. The predicted molar refractivity (Wildman–Crippen MR) is 40.5 cm³/mol. The summed E-state index contributed by atoms with van der Waals surface area (Å²) in [5, 5.41) is 6.62. The van der Waals surface area contributed by atoms with Gasteiger partial charge in [-0.2, -0.15) is 0 Å². The van der Waals surface area contributed by atoms with Crippen molar-refractivity contribution in [3.63, 3.8) is 0 Å². The molecule has 2 saturated heterocycles. The first kappa shape index (κ1) is 6.58. The van der Waals surface area contributed by atoms with E-state index in [-0.39, 0.29) is 6.17 Å². The van der Waals surface area contributed by atoms with Crippen molar-refractivity contribution in [1.29, 1.82) is 0 Å². The molecule has 2 rings (SSSR count). The SMILES string of the molecule is NC1CCC2(CNC2)CN1. The Morgan fingerprint density at radius 3 is 2.50 bits per heavy atom. The zero-order chi connectivity index (χ0) is 7.03. The maximum atomic E-state index is 5.70. The third-order valence-electron chi connectivity index (χ3n) is 2.72. The number of hydrogen-bond acceptors (Lipinski definition) is 3. The van der Waals surface area contributed by atoms with E-state index in [2.05, 4.69) is 10.6 Å². The van der Waals surface area contributed by atoms with Crippen molar-refractivity contribution in [2.24, 2.45) is 11.1 Å². The van der Waals surface area contributed by atoms with Crippen LogP contribution in [0.25, 0.3) is 0 Å². The molecule has 1 unspecified atom stereocenters. The lowest BCUT2D eigenvalue weighted by Crippen LogP contribution is -2.63. The minimum absolute atomic E-state index is 0.256. The summed E-state index contributed by atoms with van der Waals surface area (Å²) >= 11 is 0. The van der Waals surface area contributed by atoms with Gasteiger partial charge in [0.2, 0.25) is 0 Å². The molecular weight excluding hydrogens is 126 g/mol. The van der Waals surface area contributed by atoms with E-state index in [0.29, 0.717) is 5.41 Å². The van der Waals surface area contributed by atoms with Gasteiger partial charge in [-0.1, -0.05) is 0 Å². The first-order valence-corrected chi connectivity index (χ1v) is 4.01. The Bertz CT molecular complexity index is 121. The molecule has 1 spiro atoms. The van der Waals surface area contributed by atoms with E-state index < -0.39 is 0 Å². The molecule has 0 bridgehead atoms. The van der Waals surface area contributed by atoms with Gasteiger partial charge in [0.15, 0.2) is 0 Å². The molecule has 2 aliphatic heterocycles. The Kier molecular flexibility index (Phi) is 1.44. The Labute approximate surface area is 61.4 Å². The van der Waals surface area contributed by atoms with E-state index in [1.807, 2.05) is 0 Å². The largest absolute Gasteiger partial charge is 0.316 e. The highest BCUT2D eigenvalue weighted by molar-refractivity contribution is 4.97. The lowest BCUT2D eigenvalue weighted by molar-refractivity contribution is 0.105. The summed E-state index contributed by atoms with van der Waals surface area (Å²) in [5.41, 5.74) is 6.28. The quantitative estimate of drug-likeness (QED) is 0.416. The van der Waals surface area contributed by atoms with Crippen LogP contribution in [0.4, 0.5) is 0 Å². The number of nitrogens with two attached hydrogens (primary N) is 1. The van der Waals surface area contributed by atoms with Crippen LogP contribution in [0, 0.1) is 5.41 Å². The second-order valence-electron chi connectivity index (χ2n) is 3.63. The average Bonchev–Trinajstić information content (AvgIpc) is 1.86. The van der Waals surface area contributed by atoms with Crippen molar-refractivity contribution in [2.75, 3.05) is 19.6 Å². The van der Waals surface area contributed by atoms with Crippen molar-refractivity contribution < 1.29 is 0 Å². The summed E-state index contributed by atoms with van der Waals surface area (Å²) in [7, 11) is 0. The van der Waals surface area contributed by atoms with Gasteiger partial charge >= 0.3 is 0 Å². The van der Waals surface area contributed by atoms with E-state index in [1.165, 1.54) is 19.5 Å². The molecule has 3 nitrogen and oxygen atoms in total. The van der Waals surface area contributed by atoms with E-state index in [0.717, 1.165) is 13.0 Å². The van der Waals surface area contributed by atoms with Crippen molar-refractivity contribution >= 4 is 0 Å². The van der Waals surface area contributed by atoms with E-state index in [1.54, 1.807) is 0 Å². The zero-order valence-corrected chi connectivity index (χ0v) is 6.19. The van der Waals surface area contributed by atoms with Gasteiger partial charge in [-0.25, -0.2) is 0 Å². The molecule has 0 aliphatic carbocycles. The van der Waals surface area contributed by atoms with Crippen LogP contribution in [-0.4, -0.2) is 25.8 Å². The van der Waals surface area contributed by atoms with Crippen molar-refractivity contribution in [1.82, 2.24) is 10.6 Å². The Morgan fingerprint density at radius 1 is 1.30 bits per heavy atom. The van der Waals surface area contributed by atoms with Crippen LogP contribution in [0.3, 0.4) is 0 Å². The first-order valence-electron chi connectivity index (χ1n) is 4.01. The zero-order valence-electron chi connectivity index (χ0n) is 6.19. The van der Waals surface area contributed by atoms with E-state index in [9.17, 15) is 0 Å². The number of nitrogens with one attached hydrogen (secondary N) is 2. The Morgan fingerprint density at radius 2 is 2.10 bits per heavy atom. The monoisotopic (exact) mass is 141 g/mol. The van der Waals surface area contributed by atoms with Gasteiger partial charge in [-0.05, 0) is 12.8 Å². The van der Waals surface area contributed by atoms with Crippen LogP contribution in [0.5, 0.6) is 0 Å². The van der Waals surface area contributed by atoms with Gasteiger partial charge in [0.1, 0.15) is 0 Å². The summed E-state index contributed by atoms with van der Waals surface area (Å²) in [4.78, 5) is 0. The summed E-state index contributed by atoms with van der Waals surface area (Å²) in [5.74, 6) is 0. The first-order chi connectivity index (χ1) is 4.81. The predicted octanol–water partition coefficient (Wildman–Crippen LogP) is -0.756. The van der Waals surface area contributed by atoms with Crippen molar-refractivity contribution in [3.05, 3.63) is 0 Å². The van der Waals surface area contributed by atoms with Crippen LogP contribution in [0.1, 0.15) is 12.8 Å². The van der Waals surface area contributed by atoms with Gasteiger partial charge in [0.25, 0.3) is 0 Å². The molecule has 2 heterocycles. The standard InChI is InChI=1S/C7H15N3/c8-6-1-2-7(5-10-6)3-9-4-7/h6,9-10H,1-5,8H2. The number of hydrogen-bond donors (Lipinski definition) is 3. The highest BCUT2D eigenvalue weighted by atomic mass is 15.1. The molecule has 2 fully saturated rings. The molecule has 0 radical (unpaired) electrons. The molecule has 0 aromatic carbocycles. The second-order valence-corrected chi connectivity index (χ2v) is 3.63. The smallest absolute Gasteiger partial charge is 0.0546 e. The van der Waals surface area contributed by atoms with Crippen LogP contribution in [-0.2, 0) is 0 Å². The van der Waals surface area contributed by atoms with Crippen molar-refractivity contribution in [3.8, 4) is 0 Å². The molecule has 0 amide bonds. The molecule has 1 atom stereocenters. The molecule has 4 N–H and O–H groups in total. The van der Waals surface area contributed by atoms with Gasteiger partial charge < -0.3 is 16.4 Å². The minimum Gasteiger partial charge on any atom is -0.316 e. The molecule has 3 heteroatoms. The fraction of sp³-hybridized carbons (Fsp3) is 1.00. The maximum absolute atomic E-state index is 5.70. The molecule has 0 aromatic heterocycles. The molecular formula is C7H15N3. The topological polar surface area (TPSA) is 50.1 Å². The third kappa shape index (κ3) is 0.944. The van der Waals surface area contributed by atoms with Crippen LogP contribution < -0.4 is 16.4 Å². The second kappa shape index (κ2) is 2.19. The van der Waals surface area contributed by atoms with E-state index >= 15 is 0 Å². The Hall–Kier alpha value is -0.120. The van der Waals surface area contributed by atoms with Crippen LogP contribution in [0.15, 0.2) is 0 Å². The van der Waals surface area contributed by atoms with Crippen LogP contribution in [0.2, 0.25) is 0 Å². The Balaban J connectivity index is 1.90. The summed E-state index contributed by atoms with van der Waals surface area (Å²) in [6, 6.07) is 0. The lowest BCUT2D eigenvalue weighted by atomic mass is 9.75. The van der Waals surface area contributed by atoms with Gasteiger partial charge in [-0.3, -0.25) is 0 Å². The fourth-order valence-corrected chi connectivity index (χ4v) is 1.78. The summed E-state index contributed by atoms with van der Waals surface area (Å²) < 4.78 is 0. The molecule has 58 valence electrons. The highest BCUT2D eigenvalue weighted by Crippen LogP contribution is 2.30. The van der Waals surface area contributed by atoms with Crippen LogP contribution >= 0.6 is 0 Å². The number of piperidine rings is 1. The fourth-order valence-electron chi connectivity index (χ4n) is 1.78. The summed E-state index contributed by atoms with van der Waals surface area (Å²) in [6.45, 7) is 3.49. The number of rotatable bonds is 0. The molecule has 10 heavy (non-hydrogen) atoms. The van der Waals surface area contributed by atoms with Crippen molar-refractivity contribution in [2.45, 2.75) is 19.0 Å². The average molecular weight is 141 g/mol. The van der Waals surface area contributed by atoms with Gasteiger partial charge in [0.05, 0.1) is 6.17 Å². The molecule has 2 aliphatic rings. The lowest BCUT2D eigenvalue weighted by Gasteiger charge is -2.47. The van der Waals surface area contributed by atoms with E-state index in [4.69, 9.17) is 5.73 Å². The molecule has 0 aromatic rings. The maximum Gasteiger partial charge on any atom is 0.0546 e. The third-order valence-corrected chi connectivity index (χ3v) is 2.72. The molecule has 0 saturated carbocycles. The van der Waals surface area contributed by atoms with Gasteiger partial charge in [-0.15, -0.1) is 0 Å².